The molecule has 0 spiro atoms. The lowest BCUT2D eigenvalue weighted by Gasteiger charge is -2.38. The summed E-state index contributed by atoms with van der Waals surface area (Å²) in [6.45, 7) is 6.03. The number of piperidine rings is 1. The fourth-order valence-corrected chi connectivity index (χ4v) is 3.36. The van der Waals surface area contributed by atoms with Gasteiger partial charge in [-0.05, 0) is 52.1 Å². The van der Waals surface area contributed by atoms with Gasteiger partial charge in [0.05, 0.1) is 0 Å². The summed E-state index contributed by atoms with van der Waals surface area (Å²) in [5.41, 5.74) is 0. The highest BCUT2D eigenvalue weighted by Gasteiger charge is 2.26. The van der Waals surface area contributed by atoms with Crippen LogP contribution in [-0.2, 0) is 0 Å². The number of nitrogens with one attached hydrogen (secondary N) is 1. The number of hydrogen-bond donors (Lipinski definition) is 1. The molecular formula is C14H28N2. The van der Waals surface area contributed by atoms with Crippen LogP contribution in [0.15, 0.2) is 0 Å². The van der Waals surface area contributed by atoms with Crippen LogP contribution >= 0.6 is 0 Å². The fourth-order valence-electron chi connectivity index (χ4n) is 3.36. The zero-order chi connectivity index (χ0) is 11.5. The van der Waals surface area contributed by atoms with Crippen molar-refractivity contribution >= 4 is 0 Å². The Morgan fingerprint density at radius 2 is 1.75 bits per heavy atom. The summed E-state index contributed by atoms with van der Waals surface area (Å²) in [7, 11) is 2.25. The second kappa shape index (κ2) is 5.50. The molecule has 4 unspecified atom stereocenters. The lowest BCUT2D eigenvalue weighted by molar-refractivity contribution is 0.153. The average molecular weight is 224 g/mol. The van der Waals surface area contributed by atoms with Gasteiger partial charge in [-0.1, -0.05) is 19.8 Å². The van der Waals surface area contributed by atoms with Crippen LogP contribution in [0, 0.1) is 5.92 Å². The Morgan fingerprint density at radius 1 is 1.00 bits per heavy atom. The standard InChI is InChI=1S/C14H28N2/c1-11-5-4-6-13(9-11)15-14-7-8-16(3)12(2)10-14/h11-15H,4-10H2,1-3H3. The minimum atomic E-state index is 0.757. The summed E-state index contributed by atoms with van der Waals surface area (Å²) in [5.74, 6) is 0.940. The molecule has 1 saturated heterocycles. The van der Waals surface area contributed by atoms with Crippen molar-refractivity contribution in [3.8, 4) is 0 Å². The molecule has 1 heterocycles. The Bertz CT molecular complexity index is 217. The lowest BCUT2D eigenvalue weighted by atomic mass is 9.86. The van der Waals surface area contributed by atoms with Gasteiger partial charge in [0, 0.05) is 18.1 Å². The van der Waals surface area contributed by atoms with Gasteiger partial charge in [0.1, 0.15) is 0 Å². The highest BCUT2D eigenvalue weighted by atomic mass is 15.1. The highest BCUT2D eigenvalue weighted by Crippen LogP contribution is 2.25. The van der Waals surface area contributed by atoms with Crippen LogP contribution in [0.5, 0.6) is 0 Å². The fraction of sp³-hybridized carbons (Fsp3) is 1.00. The van der Waals surface area contributed by atoms with Gasteiger partial charge >= 0.3 is 0 Å². The Kier molecular flexibility index (Phi) is 4.26. The van der Waals surface area contributed by atoms with Crippen molar-refractivity contribution in [1.82, 2.24) is 10.2 Å². The van der Waals surface area contributed by atoms with Gasteiger partial charge in [0.2, 0.25) is 0 Å². The van der Waals surface area contributed by atoms with Gasteiger partial charge in [-0.2, -0.15) is 0 Å². The molecule has 2 nitrogen and oxygen atoms in total. The van der Waals surface area contributed by atoms with Gasteiger partial charge < -0.3 is 10.2 Å². The first-order chi connectivity index (χ1) is 7.65. The molecule has 1 aliphatic carbocycles. The average Bonchev–Trinajstić information content (AvgIpc) is 2.24. The molecule has 0 amide bonds. The number of hydrogen-bond acceptors (Lipinski definition) is 2. The second-order valence-electron chi connectivity index (χ2n) is 6.19. The molecule has 0 bridgehead atoms. The van der Waals surface area contributed by atoms with Gasteiger partial charge in [-0.15, -0.1) is 0 Å². The summed E-state index contributed by atoms with van der Waals surface area (Å²) >= 11 is 0. The molecule has 0 aromatic carbocycles. The van der Waals surface area contributed by atoms with E-state index in [-0.39, 0.29) is 0 Å². The van der Waals surface area contributed by atoms with Gasteiger partial charge in [0.25, 0.3) is 0 Å². The lowest BCUT2D eigenvalue weighted by Crippen LogP contribution is -2.49. The van der Waals surface area contributed by atoms with Crippen molar-refractivity contribution in [2.45, 2.75) is 70.5 Å². The van der Waals surface area contributed by atoms with Crippen LogP contribution in [0.4, 0.5) is 0 Å². The summed E-state index contributed by atoms with van der Waals surface area (Å²) < 4.78 is 0. The predicted molar refractivity (Wildman–Crippen MR) is 69.7 cm³/mol. The molecule has 1 N–H and O–H groups in total. The van der Waals surface area contributed by atoms with Crippen LogP contribution in [0.1, 0.15) is 52.4 Å². The SMILES string of the molecule is CC1CCCC(NC2CCN(C)C(C)C2)C1. The van der Waals surface area contributed by atoms with Gasteiger partial charge in [0.15, 0.2) is 0 Å². The zero-order valence-electron chi connectivity index (χ0n) is 11.2. The molecule has 1 saturated carbocycles. The monoisotopic (exact) mass is 224 g/mol. The van der Waals surface area contributed by atoms with E-state index < -0.39 is 0 Å². The molecular weight excluding hydrogens is 196 g/mol. The third kappa shape index (κ3) is 3.21. The molecule has 2 rings (SSSR count). The molecule has 1 aliphatic heterocycles. The summed E-state index contributed by atoms with van der Waals surface area (Å²) in [4.78, 5) is 2.49. The van der Waals surface area contributed by atoms with Crippen LogP contribution in [0.3, 0.4) is 0 Å². The van der Waals surface area contributed by atoms with E-state index in [2.05, 4.69) is 31.1 Å². The van der Waals surface area contributed by atoms with E-state index in [0.29, 0.717) is 0 Å². The predicted octanol–water partition coefficient (Wildman–Crippen LogP) is 2.64. The maximum atomic E-state index is 3.91. The van der Waals surface area contributed by atoms with Crippen molar-refractivity contribution in [3.05, 3.63) is 0 Å². The van der Waals surface area contributed by atoms with Crippen LogP contribution < -0.4 is 5.32 Å². The first kappa shape index (κ1) is 12.4. The Labute approximate surface area is 101 Å². The molecule has 2 aliphatic rings. The molecule has 16 heavy (non-hydrogen) atoms. The smallest absolute Gasteiger partial charge is 0.00966 e. The van der Waals surface area contributed by atoms with Crippen LogP contribution in [0.25, 0.3) is 0 Å². The second-order valence-corrected chi connectivity index (χ2v) is 6.19. The van der Waals surface area contributed by atoms with Crippen molar-refractivity contribution in [2.75, 3.05) is 13.6 Å². The molecule has 0 radical (unpaired) electrons. The van der Waals surface area contributed by atoms with Crippen molar-refractivity contribution in [3.63, 3.8) is 0 Å². The van der Waals surface area contributed by atoms with Gasteiger partial charge in [-0.25, -0.2) is 0 Å². The first-order valence-electron chi connectivity index (χ1n) is 7.11. The van der Waals surface area contributed by atoms with Crippen molar-refractivity contribution in [2.24, 2.45) is 5.92 Å². The van der Waals surface area contributed by atoms with E-state index in [0.717, 1.165) is 24.0 Å². The molecule has 2 heteroatoms. The van der Waals surface area contributed by atoms with Crippen LogP contribution in [0.2, 0.25) is 0 Å². The van der Waals surface area contributed by atoms with E-state index in [1.807, 2.05) is 0 Å². The quantitative estimate of drug-likeness (QED) is 0.776. The Hall–Kier alpha value is -0.0800. The maximum absolute atomic E-state index is 3.91. The normalized spacial score (nSPS) is 42.2. The molecule has 0 aromatic rings. The first-order valence-corrected chi connectivity index (χ1v) is 7.11. The summed E-state index contributed by atoms with van der Waals surface area (Å²) in [5, 5.41) is 3.91. The molecule has 2 fully saturated rings. The minimum absolute atomic E-state index is 0.757. The number of nitrogens with zero attached hydrogens (tertiary/aromatic N) is 1. The molecule has 0 aromatic heterocycles. The summed E-state index contributed by atoms with van der Waals surface area (Å²) in [6, 6.07) is 2.35. The number of likely N-dealkylation sites (tertiary alicyclic amines) is 1. The summed E-state index contributed by atoms with van der Waals surface area (Å²) in [6.07, 6.45) is 8.36. The molecule has 94 valence electrons. The largest absolute Gasteiger partial charge is 0.311 e. The Balaban J connectivity index is 1.76. The Morgan fingerprint density at radius 3 is 2.44 bits per heavy atom. The van der Waals surface area contributed by atoms with E-state index in [1.54, 1.807) is 0 Å². The van der Waals surface area contributed by atoms with Crippen molar-refractivity contribution in [1.29, 1.82) is 0 Å². The van der Waals surface area contributed by atoms with Gasteiger partial charge in [-0.3, -0.25) is 0 Å². The number of rotatable bonds is 2. The minimum Gasteiger partial charge on any atom is -0.311 e. The van der Waals surface area contributed by atoms with Crippen molar-refractivity contribution < 1.29 is 0 Å². The van der Waals surface area contributed by atoms with E-state index in [1.165, 1.54) is 45.1 Å². The topological polar surface area (TPSA) is 15.3 Å². The molecule has 4 atom stereocenters. The van der Waals surface area contributed by atoms with E-state index >= 15 is 0 Å². The zero-order valence-corrected chi connectivity index (χ0v) is 11.2. The third-order valence-electron chi connectivity index (χ3n) is 4.62. The third-order valence-corrected chi connectivity index (χ3v) is 4.62. The van der Waals surface area contributed by atoms with E-state index in [9.17, 15) is 0 Å². The van der Waals surface area contributed by atoms with E-state index in [4.69, 9.17) is 0 Å². The maximum Gasteiger partial charge on any atom is 0.00966 e. The highest BCUT2D eigenvalue weighted by molar-refractivity contribution is 4.85. The van der Waals surface area contributed by atoms with Crippen LogP contribution in [-0.4, -0.2) is 36.6 Å².